The summed E-state index contributed by atoms with van der Waals surface area (Å²) >= 11 is 0. The Kier molecular flexibility index (Phi) is 5.96. The smallest absolute Gasteiger partial charge is 0.282 e. The van der Waals surface area contributed by atoms with Gasteiger partial charge in [0, 0.05) is 18.2 Å². The predicted molar refractivity (Wildman–Crippen MR) is 122 cm³/mol. The molecule has 9 nitrogen and oxygen atoms in total. The number of amides is 2. The first-order valence-corrected chi connectivity index (χ1v) is 9.96. The van der Waals surface area contributed by atoms with E-state index >= 15 is 0 Å². The van der Waals surface area contributed by atoms with Crippen LogP contribution in [-0.2, 0) is 9.59 Å². The molecule has 0 bridgehead atoms. The molecule has 0 aliphatic carbocycles. The first-order chi connectivity index (χ1) is 16.3. The van der Waals surface area contributed by atoms with Crippen LogP contribution in [0.3, 0.4) is 0 Å². The van der Waals surface area contributed by atoms with E-state index in [0.29, 0.717) is 17.2 Å². The van der Waals surface area contributed by atoms with Crippen molar-refractivity contribution in [3.8, 4) is 11.5 Å². The Labute approximate surface area is 193 Å². The molecule has 0 spiro atoms. The van der Waals surface area contributed by atoms with Gasteiger partial charge in [0.1, 0.15) is 23.0 Å². The van der Waals surface area contributed by atoms with Gasteiger partial charge in [-0.05, 0) is 48.0 Å². The Bertz CT molecular complexity index is 1340. The van der Waals surface area contributed by atoms with Crippen LogP contribution in [-0.4, -0.2) is 31.0 Å². The van der Waals surface area contributed by atoms with Gasteiger partial charge < -0.3 is 14.8 Å². The Morgan fingerprint density at radius 3 is 2.29 bits per heavy atom. The highest BCUT2D eigenvalue weighted by atomic mass is 19.1. The molecule has 172 valence electrons. The van der Waals surface area contributed by atoms with Crippen molar-refractivity contribution in [1.29, 1.82) is 0 Å². The largest absolute Gasteiger partial charge is 0.497 e. The Balaban J connectivity index is 1.86. The SMILES string of the molecule is COc1ccc(OC)c(NC2=C(c3ccc([N+](=O)[O-])cc3)C(=O)N(c3cccc(F)c3)C2=O)c1. The third-order valence-corrected chi connectivity index (χ3v) is 5.18. The van der Waals surface area contributed by atoms with Gasteiger partial charge in [0.05, 0.1) is 36.1 Å². The van der Waals surface area contributed by atoms with Crippen LogP contribution in [0.15, 0.2) is 72.4 Å². The van der Waals surface area contributed by atoms with Crippen LogP contribution in [0.2, 0.25) is 0 Å². The first-order valence-electron chi connectivity index (χ1n) is 9.96. The van der Waals surface area contributed by atoms with E-state index in [1.54, 1.807) is 18.2 Å². The molecular weight excluding hydrogens is 445 g/mol. The Morgan fingerprint density at radius 2 is 1.68 bits per heavy atom. The number of nitrogens with one attached hydrogen (secondary N) is 1. The number of nitrogens with zero attached hydrogens (tertiary/aromatic N) is 2. The number of imide groups is 1. The molecule has 0 atom stereocenters. The third-order valence-electron chi connectivity index (χ3n) is 5.18. The van der Waals surface area contributed by atoms with Crippen LogP contribution in [0.5, 0.6) is 11.5 Å². The lowest BCUT2D eigenvalue weighted by atomic mass is 10.0. The molecule has 4 rings (SSSR count). The number of halogens is 1. The van der Waals surface area contributed by atoms with Crippen LogP contribution < -0.4 is 19.7 Å². The molecule has 1 N–H and O–H groups in total. The molecule has 10 heteroatoms. The zero-order valence-electron chi connectivity index (χ0n) is 18.1. The van der Waals surface area contributed by atoms with E-state index in [-0.39, 0.29) is 28.2 Å². The van der Waals surface area contributed by atoms with Crippen LogP contribution in [0.1, 0.15) is 5.56 Å². The van der Waals surface area contributed by atoms with Crippen molar-refractivity contribution < 1.29 is 28.4 Å². The number of rotatable bonds is 7. The summed E-state index contributed by atoms with van der Waals surface area (Å²) in [6.45, 7) is 0. The molecule has 0 aromatic heterocycles. The monoisotopic (exact) mass is 463 g/mol. The average Bonchev–Trinajstić information content (AvgIpc) is 3.08. The lowest BCUT2D eigenvalue weighted by Gasteiger charge is -2.16. The van der Waals surface area contributed by atoms with Crippen LogP contribution >= 0.6 is 0 Å². The average molecular weight is 463 g/mol. The fourth-order valence-corrected chi connectivity index (χ4v) is 3.56. The molecule has 3 aromatic rings. The molecule has 0 unspecified atom stereocenters. The quantitative estimate of drug-likeness (QED) is 0.318. The van der Waals surface area contributed by atoms with Gasteiger partial charge in [-0.15, -0.1) is 0 Å². The summed E-state index contributed by atoms with van der Waals surface area (Å²) in [6.07, 6.45) is 0. The molecule has 0 saturated carbocycles. The second kappa shape index (κ2) is 9.02. The van der Waals surface area contributed by atoms with E-state index in [4.69, 9.17) is 9.47 Å². The number of anilines is 2. The van der Waals surface area contributed by atoms with Crippen molar-refractivity contribution >= 4 is 34.4 Å². The molecule has 1 aliphatic rings. The van der Waals surface area contributed by atoms with Gasteiger partial charge in [-0.2, -0.15) is 0 Å². The van der Waals surface area contributed by atoms with E-state index < -0.39 is 22.6 Å². The number of nitro benzene ring substituents is 1. The predicted octanol–water partition coefficient (Wildman–Crippen LogP) is 4.15. The first kappa shape index (κ1) is 22.5. The minimum atomic E-state index is -0.728. The van der Waals surface area contributed by atoms with Crippen molar-refractivity contribution in [2.75, 3.05) is 24.4 Å². The normalized spacial score (nSPS) is 13.3. The molecule has 1 heterocycles. The van der Waals surface area contributed by atoms with Gasteiger partial charge in [0.25, 0.3) is 17.5 Å². The van der Waals surface area contributed by atoms with Crippen molar-refractivity contribution in [2.45, 2.75) is 0 Å². The minimum Gasteiger partial charge on any atom is -0.497 e. The molecule has 0 fully saturated rings. The van der Waals surface area contributed by atoms with Crippen LogP contribution in [0.25, 0.3) is 5.57 Å². The second-order valence-electron chi connectivity index (χ2n) is 7.17. The highest BCUT2D eigenvalue weighted by Gasteiger charge is 2.40. The molecular formula is C24H18FN3O6. The third kappa shape index (κ3) is 4.04. The van der Waals surface area contributed by atoms with Gasteiger partial charge in [0.15, 0.2) is 0 Å². The number of ether oxygens (including phenoxy) is 2. The summed E-state index contributed by atoms with van der Waals surface area (Å²) in [4.78, 5) is 38.2. The van der Waals surface area contributed by atoms with Crippen molar-refractivity contribution in [1.82, 2.24) is 0 Å². The number of methoxy groups -OCH3 is 2. The Morgan fingerprint density at radius 1 is 0.941 bits per heavy atom. The van der Waals surface area contributed by atoms with Gasteiger partial charge in [-0.25, -0.2) is 9.29 Å². The maximum atomic E-state index is 13.9. The lowest BCUT2D eigenvalue weighted by Crippen LogP contribution is -2.32. The summed E-state index contributed by atoms with van der Waals surface area (Å²) in [7, 11) is 2.92. The highest BCUT2D eigenvalue weighted by Crippen LogP contribution is 2.37. The number of nitro groups is 1. The van der Waals surface area contributed by atoms with Gasteiger partial charge >= 0.3 is 0 Å². The summed E-state index contributed by atoms with van der Waals surface area (Å²) in [6, 6.07) is 15.2. The summed E-state index contributed by atoms with van der Waals surface area (Å²) < 4.78 is 24.5. The fourth-order valence-electron chi connectivity index (χ4n) is 3.56. The zero-order chi connectivity index (χ0) is 24.4. The molecule has 0 saturated heterocycles. The van der Waals surface area contributed by atoms with Crippen LogP contribution in [0, 0.1) is 15.9 Å². The number of non-ortho nitro benzene ring substituents is 1. The number of carbonyl (C=O) groups excluding carboxylic acids is 2. The summed E-state index contributed by atoms with van der Waals surface area (Å²) in [5.74, 6) is -1.21. The fraction of sp³-hybridized carbons (Fsp3) is 0.0833. The lowest BCUT2D eigenvalue weighted by molar-refractivity contribution is -0.384. The Hall–Kier alpha value is -4.73. The van der Waals surface area contributed by atoms with E-state index in [1.165, 1.54) is 56.7 Å². The van der Waals surface area contributed by atoms with E-state index in [2.05, 4.69) is 5.32 Å². The van der Waals surface area contributed by atoms with E-state index in [9.17, 15) is 24.1 Å². The van der Waals surface area contributed by atoms with Gasteiger partial charge in [-0.3, -0.25) is 19.7 Å². The molecule has 2 amide bonds. The van der Waals surface area contributed by atoms with Gasteiger partial charge in [-0.1, -0.05) is 6.07 Å². The topological polar surface area (TPSA) is 111 Å². The number of carbonyl (C=O) groups is 2. The summed E-state index contributed by atoms with van der Waals surface area (Å²) in [5.41, 5.74) is 0.352. The summed E-state index contributed by atoms with van der Waals surface area (Å²) in [5, 5.41) is 14.0. The minimum absolute atomic E-state index is 0.0333. The van der Waals surface area contributed by atoms with Crippen molar-refractivity contribution in [3.05, 3.63) is 93.9 Å². The van der Waals surface area contributed by atoms with Gasteiger partial charge in [0.2, 0.25) is 0 Å². The van der Waals surface area contributed by atoms with E-state index in [0.717, 1.165) is 11.0 Å². The number of hydrogen-bond donors (Lipinski definition) is 1. The maximum absolute atomic E-state index is 13.9. The molecule has 34 heavy (non-hydrogen) atoms. The maximum Gasteiger partial charge on any atom is 0.282 e. The standard InChI is InChI=1S/C24H18FN3O6/c1-33-18-10-11-20(34-2)19(13-18)26-22-21(14-6-8-16(9-7-14)28(31)32)23(29)27(24(22)30)17-5-3-4-15(25)12-17/h3-13,26H,1-2H3. The van der Waals surface area contributed by atoms with Crippen molar-refractivity contribution in [3.63, 3.8) is 0 Å². The van der Waals surface area contributed by atoms with Crippen LogP contribution in [0.4, 0.5) is 21.5 Å². The number of benzene rings is 3. The second-order valence-corrected chi connectivity index (χ2v) is 7.17. The molecule has 1 aliphatic heterocycles. The van der Waals surface area contributed by atoms with Crippen molar-refractivity contribution in [2.24, 2.45) is 0 Å². The number of hydrogen-bond acceptors (Lipinski definition) is 7. The highest BCUT2D eigenvalue weighted by molar-refractivity contribution is 6.46. The zero-order valence-corrected chi connectivity index (χ0v) is 18.1. The molecule has 0 radical (unpaired) electrons. The van der Waals surface area contributed by atoms with E-state index in [1.807, 2.05) is 0 Å². The molecule has 3 aromatic carbocycles.